The molecular formula is C33H21F9N2. The molecule has 2 nitrogen and oxygen atoms in total. The van der Waals surface area contributed by atoms with Gasteiger partial charge < -0.3 is 0 Å². The summed E-state index contributed by atoms with van der Waals surface area (Å²) in [6.45, 7) is 7.61. The summed E-state index contributed by atoms with van der Waals surface area (Å²) in [6, 6.07) is 2.89. The van der Waals surface area contributed by atoms with Crippen molar-refractivity contribution >= 4 is 16.7 Å². The Bertz CT molecular complexity index is 1950. The van der Waals surface area contributed by atoms with E-state index in [-0.39, 0.29) is 27.8 Å². The Labute approximate surface area is 246 Å². The van der Waals surface area contributed by atoms with E-state index in [0.29, 0.717) is 0 Å². The predicted octanol–water partition coefficient (Wildman–Crippen LogP) is 9.59. The maximum Gasteiger partial charge on any atom is 0.177 e. The smallest absolute Gasteiger partial charge is 0.177 e. The van der Waals surface area contributed by atoms with Crippen LogP contribution in [0.2, 0.25) is 0 Å². The lowest BCUT2D eigenvalue weighted by Gasteiger charge is -2.12. The molecular weight excluding hydrogens is 595 g/mol. The fraction of sp³-hybridized carbons (Fsp3) is 0.212. The van der Waals surface area contributed by atoms with Gasteiger partial charge in [0.05, 0.1) is 27.8 Å². The zero-order chi connectivity index (χ0) is 33.3. The number of hydrogen-bond donors (Lipinski definition) is 0. The number of benzene rings is 3. The predicted molar refractivity (Wildman–Crippen MR) is 145 cm³/mol. The maximum absolute atomic E-state index is 15.4. The molecule has 0 bridgehead atoms. The van der Waals surface area contributed by atoms with Crippen LogP contribution in [0.15, 0.2) is 16.7 Å². The highest BCUT2D eigenvalue weighted by Crippen LogP contribution is 2.57. The van der Waals surface area contributed by atoms with E-state index in [1.165, 1.54) is 12.1 Å². The summed E-state index contributed by atoms with van der Waals surface area (Å²) in [5.41, 5.74) is -9.10. The molecule has 1 aliphatic carbocycles. The van der Waals surface area contributed by atoms with E-state index in [4.69, 9.17) is 5.26 Å². The van der Waals surface area contributed by atoms with Crippen LogP contribution < -0.4 is 0 Å². The molecule has 0 spiro atoms. The molecule has 44 heavy (non-hydrogen) atoms. The summed E-state index contributed by atoms with van der Waals surface area (Å²) in [5, 5.41) is 19.2. The lowest BCUT2D eigenvalue weighted by Crippen LogP contribution is -2.05. The van der Waals surface area contributed by atoms with E-state index >= 15 is 26.3 Å². The van der Waals surface area contributed by atoms with Crippen LogP contribution in [0.5, 0.6) is 0 Å². The van der Waals surface area contributed by atoms with E-state index in [1.54, 1.807) is 0 Å². The molecule has 1 saturated carbocycles. The molecule has 3 aromatic carbocycles. The van der Waals surface area contributed by atoms with Gasteiger partial charge >= 0.3 is 0 Å². The second kappa shape index (κ2) is 11.1. The van der Waals surface area contributed by atoms with Crippen LogP contribution in [0.25, 0.3) is 16.7 Å². The molecule has 0 saturated heterocycles. The standard InChI is InChI=1S/C33H21F9N2/c1-10-12(3)28(37)31(40)21(25(10)34)15(6)19-20(16(7)22-27(36)14(5)17(8-43)30(39)32(22)41)23(19)18(9-44)24-26(35)11(2)13(4)29(38)33(24)42/h1-7H3/b19-15+,20-16-,23-18?. The normalized spacial score (nSPS) is 16.0. The molecule has 4 rings (SSSR count). The van der Waals surface area contributed by atoms with E-state index < -0.39 is 108 Å². The molecule has 0 unspecified atom stereocenters. The summed E-state index contributed by atoms with van der Waals surface area (Å²) in [6.07, 6.45) is 0. The van der Waals surface area contributed by atoms with E-state index in [2.05, 4.69) is 0 Å². The van der Waals surface area contributed by atoms with Gasteiger partial charge in [-0.3, -0.25) is 0 Å². The third-order valence-corrected chi connectivity index (χ3v) is 8.17. The van der Waals surface area contributed by atoms with E-state index in [0.717, 1.165) is 48.5 Å². The Balaban J connectivity index is 2.27. The molecule has 0 amide bonds. The van der Waals surface area contributed by atoms with Crippen molar-refractivity contribution in [1.82, 2.24) is 0 Å². The number of hydrogen-bond acceptors (Lipinski definition) is 2. The molecule has 0 atom stereocenters. The number of allylic oxidation sites excluding steroid dienone is 6. The third kappa shape index (κ3) is 4.41. The van der Waals surface area contributed by atoms with Crippen LogP contribution in [-0.4, -0.2) is 0 Å². The molecule has 1 aliphatic rings. The number of rotatable bonds is 3. The Kier molecular flexibility index (Phi) is 8.08. The van der Waals surface area contributed by atoms with Crippen molar-refractivity contribution in [1.29, 1.82) is 10.5 Å². The van der Waals surface area contributed by atoms with Crippen molar-refractivity contribution in [3.63, 3.8) is 0 Å². The lowest BCUT2D eigenvalue weighted by atomic mass is 9.96. The van der Waals surface area contributed by atoms with Gasteiger partial charge in [0.2, 0.25) is 0 Å². The zero-order valence-electron chi connectivity index (χ0n) is 24.3. The van der Waals surface area contributed by atoms with Gasteiger partial charge in [-0.25, -0.2) is 39.5 Å². The van der Waals surface area contributed by atoms with Crippen LogP contribution in [0.4, 0.5) is 39.5 Å². The summed E-state index contributed by atoms with van der Waals surface area (Å²) in [5.74, 6) is -13.8. The molecule has 0 aliphatic heterocycles. The second-order valence-electron chi connectivity index (χ2n) is 10.4. The highest BCUT2D eigenvalue weighted by atomic mass is 19.2. The molecule has 3 aromatic rings. The van der Waals surface area contributed by atoms with Gasteiger partial charge in [0.15, 0.2) is 34.9 Å². The summed E-state index contributed by atoms with van der Waals surface area (Å²) in [7, 11) is 0. The Morgan fingerprint density at radius 2 is 0.773 bits per heavy atom. The fourth-order valence-corrected chi connectivity index (χ4v) is 5.24. The van der Waals surface area contributed by atoms with Crippen molar-refractivity contribution in [2.24, 2.45) is 0 Å². The summed E-state index contributed by atoms with van der Waals surface area (Å²) >= 11 is 0. The van der Waals surface area contributed by atoms with Crippen molar-refractivity contribution in [2.75, 3.05) is 0 Å². The van der Waals surface area contributed by atoms with Crippen LogP contribution in [0.3, 0.4) is 0 Å². The zero-order valence-corrected chi connectivity index (χ0v) is 24.3. The molecule has 0 radical (unpaired) electrons. The van der Waals surface area contributed by atoms with Crippen LogP contribution in [-0.2, 0) is 0 Å². The Morgan fingerprint density at radius 3 is 1.18 bits per heavy atom. The van der Waals surface area contributed by atoms with Crippen LogP contribution >= 0.6 is 0 Å². The first-order valence-electron chi connectivity index (χ1n) is 12.9. The van der Waals surface area contributed by atoms with Crippen LogP contribution in [0, 0.1) is 110 Å². The number of nitriles is 2. The van der Waals surface area contributed by atoms with Crippen molar-refractivity contribution < 1.29 is 39.5 Å². The first-order valence-corrected chi connectivity index (χ1v) is 12.9. The maximum atomic E-state index is 15.4. The van der Waals surface area contributed by atoms with Gasteiger partial charge in [0, 0.05) is 11.1 Å². The highest BCUT2D eigenvalue weighted by molar-refractivity contribution is 6.08. The van der Waals surface area contributed by atoms with Gasteiger partial charge in [-0.05, 0) is 93.0 Å². The van der Waals surface area contributed by atoms with Gasteiger partial charge in [0.1, 0.15) is 29.6 Å². The summed E-state index contributed by atoms with van der Waals surface area (Å²) in [4.78, 5) is 0. The fourth-order valence-electron chi connectivity index (χ4n) is 5.24. The molecule has 1 fully saturated rings. The topological polar surface area (TPSA) is 47.6 Å². The third-order valence-electron chi connectivity index (χ3n) is 8.17. The minimum Gasteiger partial charge on any atom is -0.206 e. The van der Waals surface area contributed by atoms with Crippen molar-refractivity contribution in [3.05, 3.63) is 119 Å². The number of nitrogens with zero attached hydrogens (tertiary/aromatic N) is 2. The molecule has 0 N–H and O–H groups in total. The quantitative estimate of drug-likeness (QED) is 0.167. The first kappa shape index (κ1) is 32.2. The lowest BCUT2D eigenvalue weighted by molar-refractivity contribution is 0.482. The minimum atomic E-state index is -1.82. The van der Waals surface area contributed by atoms with Gasteiger partial charge in [-0.2, -0.15) is 10.5 Å². The van der Waals surface area contributed by atoms with Gasteiger partial charge in [-0.15, -0.1) is 0 Å². The SMILES string of the molecule is C/C(=C1/C(=C(C#N)c2c(F)c(C)c(C)c(F)c2F)/C1=C(\C)c1c(F)c(C)c(C)c(F)c1F)c1c(F)c(C)c(C#N)c(F)c1F. The Morgan fingerprint density at radius 1 is 0.432 bits per heavy atom. The largest absolute Gasteiger partial charge is 0.206 e. The van der Waals surface area contributed by atoms with E-state index in [9.17, 15) is 18.4 Å². The minimum absolute atomic E-state index is 0.289. The van der Waals surface area contributed by atoms with Gasteiger partial charge in [0.25, 0.3) is 0 Å². The van der Waals surface area contributed by atoms with Crippen molar-refractivity contribution in [3.8, 4) is 12.1 Å². The molecule has 11 heteroatoms. The van der Waals surface area contributed by atoms with E-state index in [1.807, 2.05) is 0 Å². The average Bonchev–Trinajstić information content (AvgIpc) is 3.73. The van der Waals surface area contributed by atoms with Gasteiger partial charge in [-0.1, -0.05) is 0 Å². The monoisotopic (exact) mass is 616 g/mol. The molecule has 226 valence electrons. The Hall–Kier alpha value is -4.77. The molecule has 0 aromatic heterocycles. The summed E-state index contributed by atoms with van der Waals surface area (Å²) < 4.78 is 136. The average molecular weight is 617 g/mol. The molecule has 0 heterocycles. The highest BCUT2D eigenvalue weighted by Gasteiger charge is 2.43. The first-order chi connectivity index (χ1) is 20.5. The number of halogens is 9. The van der Waals surface area contributed by atoms with Crippen molar-refractivity contribution in [2.45, 2.75) is 48.5 Å². The second-order valence-corrected chi connectivity index (χ2v) is 10.4. The van der Waals surface area contributed by atoms with Crippen LogP contribution in [0.1, 0.15) is 63.9 Å².